The number of hydrogen-bond acceptors (Lipinski definition) is 4. The molecule has 0 saturated heterocycles. The number of rotatable bonds is 8. The Morgan fingerprint density at radius 1 is 1.55 bits per heavy atom. The van der Waals surface area contributed by atoms with Gasteiger partial charge in [-0.1, -0.05) is 13.8 Å². The van der Waals surface area contributed by atoms with Gasteiger partial charge in [0.2, 0.25) is 0 Å². The van der Waals surface area contributed by atoms with Gasteiger partial charge in [0.25, 0.3) is 5.56 Å². The van der Waals surface area contributed by atoms with Crippen molar-refractivity contribution in [3.05, 3.63) is 22.6 Å². The average molecular weight is 278 g/mol. The molecule has 1 aliphatic rings. The molecule has 1 N–H and O–H groups in total. The molecule has 1 aromatic rings. The van der Waals surface area contributed by atoms with E-state index in [4.69, 9.17) is 0 Å². The first-order valence-electron chi connectivity index (χ1n) is 7.61. The fourth-order valence-electron chi connectivity index (χ4n) is 2.25. The second-order valence-corrected chi connectivity index (χ2v) is 5.94. The van der Waals surface area contributed by atoms with E-state index in [1.54, 1.807) is 16.9 Å². The second-order valence-electron chi connectivity index (χ2n) is 5.94. The predicted octanol–water partition coefficient (Wildman–Crippen LogP) is 1.48. The molecule has 0 amide bonds. The minimum atomic E-state index is -0.0104. The maximum Gasteiger partial charge on any atom is 0.268 e. The highest BCUT2D eigenvalue weighted by atomic mass is 16.1. The van der Waals surface area contributed by atoms with Crippen molar-refractivity contribution in [1.82, 2.24) is 15.1 Å². The molecule has 5 nitrogen and oxygen atoms in total. The van der Waals surface area contributed by atoms with E-state index in [-0.39, 0.29) is 5.56 Å². The average Bonchev–Trinajstić information content (AvgIpc) is 3.23. The molecule has 1 fully saturated rings. The Bertz CT molecular complexity index is 481. The number of hydrogen-bond donors (Lipinski definition) is 1. The van der Waals surface area contributed by atoms with Gasteiger partial charge in [0, 0.05) is 32.2 Å². The molecule has 0 aromatic carbocycles. The summed E-state index contributed by atoms with van der Waals surface area (Å²) in [6.07, 6.45) is 5.44. The van der Waals surface area contributed by atoms with Gasteiger partial charge < -0.3 is 10.2 Å². The maximum atomic E-state index is 12.1. The van der Waals surface area contributed by atoms with Gasteiger partial charge in [-0.2, -0.15) is 5.10 Å². The summed E-state index contributed by atoms with van der Waals surface area (Å²) in [7, 11) is 1.99. The summed E-state index contributed by atoms with van der Waals surface area (Å²) in [4.78, 5) is 14.2. The molecule has 0 spiro atoms. The zero-order chi connectivity index (χ0) is 14.5. The van der Waals surface area contributed by atoms with Crippen LogP contribution in [0.2, 0.25) is 0 Å². The molecule has 0 radical (unpaired) electrons. The Hall–Kier alpha value is -1.36. The summed E-state index contributed by atoms with van der Waals surface area (Å²) in [5, 5.41) is 7.79. The Morgan fingerprint density at radius 3 is 2.90 bits per heavy atom. The highest BCUT2D eigenvalue weighted by Gasteiger charge is 2.21. The fraction of sp³-hybridized carbons (Fsp3) is 0.733. The van der Waals surface area contributed by atoms with E-state index >= 15 is 0 Å². The van der Waals surface area contributed by atoms with Crippen LogP contribution < -0.4 is 15.8 Å². The Balaban J connectivity index is 1.92. The second kappa shape index (κ2) is 6.88. The van der Waals surface area contributed by atoms with Gasteiger partial charge in [0.05, 0.1) is 11.9 Å². The Morgan fingerprint density at radius 2 is 2.30 bits per heavy atom. The molecule has 1 atom stereocenters. The van der Waals surface area contributed by atoms with Gasteiger partial charge in [-0.05, 0) is 31.7 Å². The van der Waals surface area contributed by atoms with Crippen LogP contribution in [0.3, 0.4) is 0 Å². The van der Waals surface area contributed by atoms with Crippen LogP contribution in [0.4, 0.5) is 5.69 Å². The summed E-state index contributed by atoms with van der Waals surface area (Å²) in [6.45, 7) is 6.85. The van der Waals surface area contributed by atoms with Crippen molar-refractivity contribution in [2.45, 2.75) is 45.7 Å². The molecule has 1 aliphatic carbocycles. The molecule has 1 aromatic heterocycles. The molecule has 1 unspecified atom stereocenters. The van der Waals surface area contributed by atoms with Crippen LogP contribution in [0.15, 0.2) is 17.1 Å². The molecular weight excluding hydrogens is 252 g/mol. The van der Waals surface area contributed by atoms with Crippen LogP contribution in [-0.4, -0.2) is 36.0 Å². The van der Waals surface area contributed by atoms with Crippen LogP contribution in [0.25, 0.3) is 0 Å². The predicted molar refractivity (Wildman–Crippen MR) is 82.2 cm³/mol. The number of nitrogens with one attached hydrogen (secondary N) is 1. The molecule has 1 heterocycles. The van der Waals surface area contributed by atoms with E-state index in [2.05, 4.69) is 29.2 Å². The van der Waals surface area contributed by atoms with Gasteiger partial charge in [-0.25, -0.2) is 4.68 Å². The molecule has 1 saturated carbocycles. The molecule has 20 heavy (non-hydrogen) atoms. The van der Waals surface area contributed by atoms with E-state index in [0.29, 0.717) is 18.5 Å². The van der Waals surface area contributed by atoms with E-state index in [1.807, 2.05) is 7.05 Å². The van der Waals surface area contributed by atoms with Gasteiger partial charge in [-0.3, -0.25) is 4.79 Å². The summed E-state index contributed by atoms with van der Waals surface area (Å²) in [6, 6.07) is 2.40. The zero-order valence-electron chi connectivity index (χ0n) is 12.8. The summed E-state index contributed by atoms with van der Waals surface area (Å²) in [5.74, 6) is 0.417. The molecule has 5 heteroatoms. The van der Waals surface area contributed by atoms with Crippen molar-refractivity contribution in [1.29, 1.82) is 0 Å². The molecule has 112 valence electrons. The van der Waals surface area contributed by atoms with Crippen LogP contribution in [0.5, 0.6) is 0 Å². The van der Waals surface area contributed by atoms with Crippen molar-refractivity contribution < 1.29 is 0 Å². The standard InChI is InChI=1S/C15H26N4O/c1-4-7-18(3)14-8-15(20)19(17-10-14)11-12(2)9-16-13-5-6-13/h8,10,12-13,16H,4-7,9,11H2,1-3H3. The highest BCUT2D eigenvalue weighted by Crippen LogP contribution is 2.18. The first kappa shape index (κ1) is 15.0. The largest absolute Gasteiger partial charge is 0.373 e. The fourth-order valence-corrected chi connectivity index (χ4v) is 2.25. The third-order valence-corrected chi connectivity index (χ3v) is 3.67. The lowest BCUT2D eigenvalue weighted by Gasteiger charge is -2.18. The van der Waals surface area contributed by atoms with E-state index < -0.39 is 0 Å². The van der Waals surface area contributed by atoms with Crippen molar-refractivity contribution in [2.75, 3.05) is 25.0 Å². The Kier molecular flexibility index (Phi) is 5.17. The van der Waals surface area contributed by atoms with Gasteiger partial charge in [0.1, 0.15) is 0 Å². The molecule has 0 bridgehead atoms. The van der Waals surface area contributed by atoms with Crippen LogP contribution >= 0.6 is 0 Å². The van der Waals surface area contributed by atoms with Gasteiger partial charge in [-0.15, -0.1) is 0 Å². The van der Waals surface area contributed by atoms with Crippen molar-refractivity contribution >= 4 is 5.69 Å². The molecule has 0 aliphatic heterocycles. The normalized spacial score (nSPS) is 16.1. The molecule has 2 rings (SSSR count). The summed E-state index contributed by atoms with van der Waals surface area (Å²) >= 11 is 0. The number of nitrogens with zero attached hydrogens (tertiary/aromatic N) is 3. The molecular formula is C15H26N4O. The van der Waals surface area contributed by atoms with Crippen LogP contribution in [0, 0.1) is 5.92 Å². The van der Waals surface area contributed by atoms with Gasteiger partial charge >= 0.3 is 0 Å². The topological polar surface area (TPSA) is 50.2 Å². The number of aromatic nitrogens is 2. The van der Waals surface area contributed by atoms with Crippen molar-refractivity contribution in [3.63, 3.8) is 0 Å². The third-order valence-electron chi connectivity index (χ3n) is 3.67. The highest BCUT2D eigenvalue weighted by molar-refractivity contribution is 5.41. The van der Waals surface area contributed by atoms with Crippen LogP contribution in [0.1, 0.15) is 33.1 Å². The lowest BCUT2D eigenvalue weighted by atomic mass is 10.2. The maximum absolute atomic E-state index is 12.1. The minimum Gasteiger partial charge on any atom is -0.373 e. The summed E-state index contributed by atoms with van der Waals surface area (Å²) in [5.41, 5.74) is 0.889. The quantitative estimate of drug-likeness (QED) is 0.782. The SMILES string of the molecule is CCCN(C)c1cnn(CC(C)CNC2CC2)c(=O)c1. The van der Waals surface area contributed by atoms with Gasteiger partial charge in [0.15, 0.2) is 0 Å². The van der Waals surface area contributed by atoms with Crippen molar-refractivity contribution in [2.24, 2.45) is 5.92 Å². The zero-order valence-corrected chi connectivity index (χ0v) is 12.8. The first-order chi connectivity index (χ1) is 9.60. The minimum absolute atomic E-state index is 0.0104. The summed E-state index contributed by atoms with van der Waals surface area (Å²) < 4.78 is 1.57. The van der Waals surface area contributed by atoms with Crippen molar-refractivity contribution in [3.8, 4) is 0 Å². The van der Waals surface area contributed by atoms with Crippen LogP contribution in [-0.2, 0) is 6.54 Å². The lowest BCUT2D eigenvalue weighted by Crippen LogP contribution is -2.31. The van der Waals surface area contributed by atoms with E-state index in [0.717, 1.165) is 25.2 Å². The van der Waals surface area contributed by atoms with E-state index in [1.165, 1.54) is 12.8 Å². The number of anilines is 1. The smallest absolute Gasteiger partial charge is 0.268 e. The third kappa shape index (κ3) is 4.34. The Labute approximate surface area is 121 Å². The lowest BCUT2D eigenvalue weighted by molar-refractivity contribution is 0.409. The monoisotopic (exact) mass is 278 g/mol. The van der Waals surface area contributed by atoms with E-state index in [9.17, 15) is 4.79 Å². The first-order valence-corrected chi connectivity index (χ1v) is 7.61.